The van der Waals surface area contributed by atoms with E-state index in [4.69, 9.17) is 13.8 Å². The van der Waals surface area contributed by atoms with Crippen molar-refractivity contribution in [2.75, 3.05) is 24.6 Å². The van der Waals surface area contributed by atoms with E-state index in [-0.39, 0.29) is 71.6 Å². The molecule has 2 fully saturated rings. The molecule has 1 saturated heterocycles. The number of fused-ring (bicyclic) bond motifs is 1. The van der Waals surface area contributed by atoms with Gasteiger partial charge in [0.25, 0.3) is 0 Å². The van der Waals surface area contributed by atoms with Crippen molar-refractivity contribution in [1.29, 1.82) is 0 Å². The van der Waals surface area contributed by atoms with Crippen LogP contribution in [0.1, 0.15) is 71.9 Å². The van der Waals surface area contributed by atoms with E-state index in [0.717, 1.165) is 65.0 Å². The summed E-state index contributed by atoms with van der Waals surface area (Å²) in [5.74, 6) is 1.55. The molecule has 8 nitrogen and oxygen atoms in total. The van der Waals surface area contributed by atoms with Crippen LogP contribution in [0.25, 0.3) is 10.9 Å². The van der Waals surface area contributed by atoms with Crippen molar-refractivity contribution < 1.29 is 23.2 Å². The van der Waals surface area contributed by atoms with E-state index >= 15 is 0 Å². The zero-order valence-corrected chi connectivity index (χ0v) is 24.7. The Hall–Kier alpha value is -1.32. The van der Waals surface area contributed by atoms with Crippen LogP contribution in [0.2, 0.25) is 0 Å². The van der Waals surface area contributed by atoms with Crippen molar-refractivity contribution >= 4 is 89.9 Å². The number of carbonyl (C=O) groups is 1. The van der Waals surface area contributed by atoms with Crippen molar-refractivity contribution in [3.63, 3.8) is 0 Å². The molecule has 2 atom stereocenters. The van der Waals surface area contributed by atoms with Gasteiger partial charge in [-0.05, 0) is 99.4 Å². The molecule has 2 aromatic carbocycles. The van der Waals surface area contributed by atoms with Gasteiger partial charge in [0.1, 0.15) is 17.6 Å². The average Bonchev–Trinajstić information content (AvgIpc) is 3.53. The Morgan fingerprint density at radius 2 is 1.86 bits per heavy atom. The molecule has 4 aromatic rings. The van der Waals surface area contributed by atoms with Crippen LogP contribution in [0.15, 0.2) is 59.1 Å². The second-order valence-corrected chi connectivity index (χ2v) is 12.3. The van der Waals surface area contributed by atoms with E-state index in [9.17, 15) is 9.36 Å². The van der Waals surface area contributed by atoms with Crippen LogP contribution < -0.4 is 10.2 Å². The maximum atomic E-state index is 14.2. The van der Waals surface area contributed by atoms with Crippen molar-refractivity contribution in [1.82, 2.24) is 10.3 Å². The predicted molar refractivity (Wildman–Crippen MR) is 175 cm³/mol. The van der Waals surface area contributed by atoms with Crippen LogP contribution in [0.3, 0.4) is 0 Å². The zero-order valence-electron chi connectivity index (χ0n) is 23.7. The van der Waals surface area contributed by atoms with E-state index in [1.807, 2.05) is 37.4 Å². The van der Waals surface area contributed by atoms with Gasteiger partial charge in [-0.3, -0.25) is 9.36 Å². The number of benzene rings is 2. The fraction of sp³-hybridized carbons (Fsp3) is 0.406. The normalized spacial score (nSPS) is 17.0. The molecule has 1 saturated carbocycles. The molecule has 2 unspecified atom stereocenters. The predicted octanol–water partition coefficient (Wildman–Crippen LogP) is 4.95. The quantitative estimate of drug-likeness (QED) is 0.171. The first-order chi connectivity index (χ1) is 19.8. The van der Waals surface area contributed by atoms with Gasteiger partial charge in [-0.25, -0.2) is 0 Å². The maximum absolute atomic E-state index is 14.2. The zero-order chi connectivity index (χ0) is 28.6. The molecule has 2 aliphatic rings. The Morgan fingerprint density at radius 1 is 1.09 bits per heavy atom. The van der Waals surface area contributed by atoms with E-state index in [1.165, 1.54) is 30.5 Å². The first kappa shape index (κ1) is 34.6. The third-order valence-electron chi connectivity index (χ3n) is 8.62. The second kappa shape index (κ2) is 14.8. The molecule has 0 spiro atoms. The van der Waals surface area contributed by atoms with Crippen LogP contribution in [0, 0.1) is 13.8 Å². The van der Waals surface area contributed by atoms with Gasteiger partial charge in [-0.2, -0.15) is 0 Å². The Morgan fingerprint density at radius 3 is 2.53 bits per heavy atom. The van der Waals surface area contributed by atoms with Gasteiger partial charge in [-0.15, -0.1) is 0 Å². The SMILES string of the molecule is Cc1ccc(C(NC(=O)C2(c3ccc4[nH]cc(CCO[PH](=O)O)c4c3)CC2)c2ccc(C)o2)c(N2CCCCC2)c1.[NaH].[NaH]. The number of aromatic amines is 1. The molecule has 2 aromatic heterocycles. The van der Waals surface area contributed by atoms with Gasteiger partial charge in [-0.1, -0.05) is 18.2 Å². The summed E-state index contributed by atoms with van der Waals surface area (Å²) >= 11 is 0. The number of aromatic nitrogens is 1. The van der Waals surface area contributed by atoms with E-state index < -0.39 is 19.7 Å². The molecule has 3 N–H and O–H groups in total. The number of aryl methyl sites for hydroxylation is 2. The number of furan rings is 1. The summed E-state index contributed by atoms with van der Waals surface area (Å²) in [4.78, 5) is 28.9. The molecule has 0 radical (unpaired) electrons. The van der Waals surface area contributed by atoms with E-state index in [1.54, 1.807) is 0 Å². The number of rotatable bonds is 10. The van der Waals surface area contributed by atoms with Crippen molar-refractivity contribution in [3.8, 4) is 0 Å². The number of hydrogen-bond donors (Lipinski definition) is 3. The molecular weight excluding hydrogens is 583 g/mol. The number of nitrogens with one attached hydrogen (secondary N) is 2. The summed E-state index contributed by atoms with van der Waals surface area (Å²) in [5, 5.41) is 4.43. The first-order valence-corrected chi connectivity index (χ1v) is 15.8. The topological polar surface area (TPSA) is 108 Å². The summed E-state index contributed by atoms with van der Waals surface area (Å²) in [6.45, 7) is 6.23. The van der Waals surface area contributed by atoms with Crippen LogP contribution in [-0.4, -0.2) is 94.6 Å². The molecule has 220 valence electrons. The number of amides is 1. The van der Waals surface area contributed by atoms with Gasteiger partial charge < -0.3 is 29.0 Å². The molecule has 6 rings (SSSR count). The molecular formula is C32H40N3Na2O5P. The van der Waals surface area contributed by atoms with Gasteiger partial charge in [0, 0.05) is 41.4 Å². The molecule has 1 aliphatic heterocycles. The summed E-state index contributed by atoms with van der Waals surface area (Å²) in [6, 6.07) is 16.2. The fourth-order valence-electron chi connectivity index (χ4n) is 6.19. The minimum atomic E-state index is -2.96. The average molecular weight is 624 g/mol. The van der Waals surface area contributed by atoms with Gasteiger partial charge in [0.15, 0.2) is 0 Å². The van der Waals surface area contributed by atoms with Gasteiger partial charge >= 0.3 is 67.4 Å². The number of piperidine rings is 1. The number of anilines is 1. The number of hydrogen-bond acceptors (Lipinski definition) is 5. The summed E-state index contributed by atoms with van der Waals surface area (Å²) in [5.41, 5.74) is 5.76. The fourth-order valence-corrected chi connectivity index (χ4v) is 6.47. The Kier molecular flexibility index (Phi) is 11.9. The molecule has 1 amide bonds. The third kappa shape index (κ3) is 7.57. The van der Waals surface area contributed by atoms with Crippen molar-refractivity contribution in [3.05, 3.63) is 88.5 Å². The molecule has 0 bridgehead atoms. The van der Waals surface area contributed by atoms with Crippen LogP contribution in [0.5, 0.6) is 0 Å². The van der Waals surface area contributed by atoms with Crippen LogP contribution in [-0.2, 0) is 25.7 Å². The molecule has 11 heteroatoms. The third-order valence-corrected chi connectivity index (χ3v) is 9.07. The van der Waals surface area contributed by atoms with Crippen LogP contribution in [0.4, 0.5) is 5.69 Å². The molecule has 43 heavy (non-hydrogen) atoms. The number of nitrogens with zero attached hydrogens (tertiary/aromatic N) is 1. The summed E-state index contributed by atoms with van der Waals surface area (Å²) in [7, 11) is -2.96. The van der Waals surface area contributed by atoms with Gasteiger partial charge in [0.2, 0.25) is 5.91 Å². The first-order valence-electron chi connectivity index (χ1n) is 14.5. The Labute approximate surface area is 297 Å². The number of H-pyrrole nitrogens is 1. The Balaban J connectivity index is 0.00000212. The molecule has 1 aliphatic carbocycles. The monoisotopic (exact) mass is 623 g/mol. The van der Waals surface area contributed by atoms with Crippen molar-refractivity contribution in [2.24, 2.45) is 0 Å². The standard InChI is InChI=1S/C32H38N3O5P.2Na.2H/c1-21-6-9-25(28(18-21)35-15-4-3-5-16-35)30(29-11-7-22(2)40-29)34-31(36)32(13-14-32)24-8-10-27-26(19-24)23(20-33-27)12-17-39-41(37)38;;;;/h6-11,18-20,30,33,41H,3-5,12-17H2,1-2H3,(H,34,36)(H,37,38);;;;. The van der Waals surface area contributed by atoms with E-state index in [0.29, 0.717) is 6.42 Å². The van der Waals surface area contributed by atoms with Crippen LogP contribution >= 0.6 is 8.25 Å². The minimum absolute atomic E-state index is 0. The van der Waals surface area contributed by atoms with E-state index in [2.05, 4.69) is 46.4 Å². The number of carbonyl (C=O) groups excluding carboxylic acids is 1. The molecule has 3 heterocycles. The Bertz CT molecular complexity index is 1590. The summed E-state index contributed by atoms with van der Waals surface area (Å²) in [6.07, 6.45) is 7.55. The summed E-state index contributed by atoms with van der Waals surface area (Å²) < 4.78 is 22.0. The van der Waals surface area contributed by atoms with Gasteiger partial charge in [0.05, 0.1) is 12.0 Å². The van der Waals surface area contributed by atoms with Crippen molar-refractivity contribution in [2.45, 2.75) is 63.8 Å². The second-order valence-electron chi connectivity index (χ2n) is 11.5.